The van der Waals surface area contributed by atoms with Gasteiger partial charge in [-0.2, -0.15) is 0 Å². The van der Waals surface area contributed by atoms with Gasteiger partial charge in [-0.1, -0.05) is 74.8 Å². The first-order valence-electron chi connectivity index (χ1n) is 21.3. The van der Waals surface area contributed by atoms with Crippen molar-refractivity contribution in [1.29, 1.82) is 0 Å². The molecule has 5 aliphatic rings. The quantitative estimate of drug-likeness (QED) is 0.106. The lowest BCUT2D eigenvalue weighted by Crippen LogP contribution is -2.54. The highest BCUT2D eigenvalue weighted by Crippen LogP contribution is 2.47. The van der Waals surface area contributed by atoms with E-state index in [9.17, 15) is 35.1 Å². The molecule has 2 fully saturated rings. The summed E-state index contributed by atoms with van der Waals surface area (Å²) < 4.78 is 12.2. The number of ether oxygens (including phenoxy) is 2. The van der Waals surface area contributed by atoms with Crippen molar-refractivity contribution in [2.75, 3.05) is 0 Å². The number of esters is 2. The van der Waals surface area contributed by atoms with E-state index < -0.39 is 52.9 Å². The molecule has 5 N–H and O–H groups in total. The zero-order valence-electron chi connectivity index (χ0n) is 33.6. The van der Waals surface area contributed by atoms with Crippen molar-refractivity contribution in [3.05, 3.63) is 99.6 Å². The van der Waals surface area contributed by atoms with Gasteiger partial charge in [0.25, 0.3) is 0 Å². The number of aliphatic hydroxyl groups is 3. The van der Waals surface area contributed by atoms with Crippen molar-refractivity contribution in [3.8, 4) is 29.1 Å². The average molecular weight is 803 g/mol. The van der Waals surface area contributed by atoms with Gasteiger partial charge in [-0.25, -0.2) is 4.79 Å². The molecular weight excluding hydrogens is 749 g/mol. The molecule has 3 aromatic rings. The van der Waals surface area contributed by atoms with E-state index in [-0.39, 0.29) is 73.2 Å². The molecule has 0 aromatic heterocycles. The van der Waals surface area contributed by atoms with E-state index in [4.69, 9.17) is 9.47 Å². The molecular formula is C49H54O10. The molecule has 8 bridgehead atoms. The highest BCUT2D eigenvalue weighted by atomic mass is 16.6. The minimum Gasteiger partial charge on any atom is -0.508 e. The predicted molar refractivity (Wildman–Crippen MR) is 219 cm³/mol. The normalized spacial score (nSPS) is 29.2. The number of phenolic OH excluding ortho intramolecular Hbond substituents is 2. The van der Waals surface area contributed by atoms with E-state index >= 15 is 4.79 Å². The molecule has 3 aliphatic heterocycles. The van der Waals surface area contributed by atoms with Crippen LogP contribution in [0.4, 0.5) is 0 Å². The number of aromatic hydroxyl groups is 2. The van der Waals surface area contributed by atoms with Crippen LogP contribution in [0.3, 0.4) is 0 Å². The van der Waals surface area contributed by atoms with Crippen molar-refractivity contribution < 1.29 is 49.4 Å². The predicted octanol–water partition coefficient (Wildman–Crippen LogP) is 6.89. The summed E-state index contributed by atoms with van der Waals surface area (Å²) in [4.78, 5) is 41.7. The molecule has 0 radical (unpaired) electrons. The highest BCUT2D eigenvalue weighted by Gasteiger charge is 2.49. The molecule has 2 saturated carbocycles. The maximum atomic E-state index is 15.1. The van der Waals surface area contributed by atoms with Crippen molar-refractivity contribution in [2.45, 2.75) is 138 Å². The second kappa shape index (κ2) is 16.6. The van der Waals surface area contributed by atoms with Crippen LogP contribution >= 0.6 is 0 Å². The first-order valence-corrected chi connectivity index (χ1v) is 21.3. The molecule has 2 aliphatic carbocycles. The number of fused-ring (bicyclic) bond motifs is 9. The van der Waals surface area contributed by atoms with Crippen LogP contribution in [0.25, 0.3) is 0 Å². The number of hydrogen-bond acceptors (Lipinski definition) is 10. The SMILES string of the molecule is CCCC1(O)C2CCC(=O)C(Cc3cccc(c3)C3(CCCCC3)C(O)C=C3CC(c4cc(O)cc(CO)c4)C#CC4CC(=O)Oc5cc(O)c(cc54)CC1OC3=O)C2. The number of benzene rings is 3. The van der Waals surface area contributed by atoms with Crippen molar-refractivity contribution in [3.63, 3.8) is 0 Å². The fourth-order valence-corrected chi connectivity index (χ4v) is 10.7. The summed E-state index contributed by atoms with van der Waals surface area (Å²) in [5.41, 5.74) is 1.58. The van der Waals surface area contributed by atoms with Gasteiger partial charge in [0, 0.05) is 47.3 Å². The van der Waals surface area contributed by atoms with Crippen LogP contribution < -0.4 is 4.74 Å². The van der Waals surface area contributed by atoms with E-state index in [0.29, 0.717) is 60.8 Å². The monoisotopic (exact) mass is 802 g/mol. The molecule has 10 heteroatoms. The third kappa shape index (κ3) is 8.05. The lowest BCUT2D eigenvalue weighted by Gasteiger charge is -2.45. The molecule has 3 heterocycles. The van der Waals surface area contributed by atoms with Gasteiger partial charge in [-0.3, -0.25) is 9.59 Å². The Balaban J connectivity index is 1.37. The smallest absolute Gasteiger partial charge is 0.334 e. The molecule has 0 amide bonds. The third-order valence-corrected chi connectivity index (χ3v) is 13.9. The first kappa shape index (κ1) is 40.8. The van der Waals surface area contributed by atoms with Gasteiger partial charge in [-0.15, -0.1) is 0 Å². The topological polar surface area (TPSA) is 171 Å². The van der Waals surface area contributed by atoms with Crippen molar-refractivity contribution >= 4 is 17.7 Å². The molecule has 10 nitrogen and oxygen atoms in total. The molecule has 1 spiro atoms. The number of hydrogen-bond donors (Lipinski definition) is 5. The van der Waals surface area contributed by atoms with Gasteiger partial charge in [-0.05, 0) is 103 Å². The number of carbonyl (C=O) groups is 3. The van der Waals surface area contributed by atoms with Crippen LogP contribution in [-0.2, 0) is 44.0 Å². The maximum absolute atomic E-state index is 15.1. The van der Waals surface area contributed by atoms with E-state index in [1.54, 1.807) is 18.2 Å². The van der Waals surface area contributed by atoms with Gasteiger partial charge in [0.15, 0.2) is 0 Å². The Hall–Kier alpha value is -4.95. The second-order valence-electron chi connectivity index (χ2n) is 17.6. The van der Waals surface area contributed by atoms with Gasteiger partial charge < -0.3 is 35.0 Å². The number of Topliss-reactive ketones (excluding diaryl/α,β-unsaturated/α-hetero) is 1. The van der Waals surface area contributed by atoms with Crippen molar-refractivity contribution in [1.82, 2.24) is 0 Å². The minimum absolute atomic E-state index is 0.0703. The standard InChI is InChI=1S/C49H54O10/c1-2-13-49(57)38-11-12-41(52)34(21-38)16-29-7-6-8-37(18-29)48(14-4-3-5-15-48)44(54)24-36-20-31(33-17-30(28-50)19-39(51)22-33)9-10-32-26-46(55)58-43-27-42(53)35(23-40(32)43)25-45(49)59-47(36)56/h6-8,17-19,22-24,27,31-32,34,38,44-45,50-51,53-54,57H,2-5,11-16,20-21,25-26,28H2,1H3. The zero-order valence-corrected chi connectivity index (χ0v) is 33.6. The molecule has 310 valence electrons. The fraction of sp³-hybridized carbons (Fsp3) is 0.490. The summed E-state index contributed by atoms with van der Waals surface area (Å²) in [6.07, 6.45) is 5.46. The third-order valence-electron chi connectivity index (χ3n) is 13.9. The van der Waals surface area contributed by atoms with Crippen LogP contribution in [0, 0.1) is 23.7 Å². The van der Waals surface area contributed by atoms with Crippen LogP contribution in [-0.4, -0.2) is 61.1 Å². The van der Waals surface area contributed by atoms with E-state index in [0.717, 1.165) is 30.4 Å². The molecule has 3 aromatic carbocycles. The second-order valence-corrected chi connectivity index (χ2v) is 17.6. The largest absolute Gasteiger partial charge is 0.508 e. The van der Waals surface area contributed by atoms with Gasteiger partial charge in [0.05, 0.1) is 25.0 Å². The minimum atomic E-state index is -1.62. The Morgan fingerprint density at radius 2 is 1.69 bits per heavy atom. The number of ketones is 1. The number of carbonyl (C=O) groups excluding carboxylic acids is 3. The summed E-state index contributed by atoms with van der Waals surface area (Å²) in [6, 6.07) is 15.9. The summed E-state index contributed by atoms with van der Waals surface area (Å²) >= 11 is 0. The Bertz CT molecular complexity index is 2220. The van der Waals surface area contributed by atoms with Crippen molar-refractivity contribution in [2.24, 2.45) is 11.8 Å². The van der Waals surface area contributed by atoms with Crippen LogP contribution in [0.5, 0.6) is 17.2 Å². The Labute approximate surface area is 345 Å². The maximum Gasteiger partial charge on any atom is 0.334 e. The Kier molecular flexibility index (Phi) is 11.5. The van der Waals surface area contributed by atoms with E-state index in [2.05, 4.69) is 17.9 Å². The van der Waals surface area contributed by atoms with Gasteiger partial charge in [0.1, 0.15) is 34.7 Å². The van der Waals surface area contributed by atoms with E-state index in [1.165, 1.54) is 18.2 Å². The highest BCUT2D eigenvalue weighted by molar-refractivity contribution is 5.89. The lowest BCUT2D eigenvalue weighted by atomic mass is 9.64. The van der Waals surface area contributed by atoms with Gasteiger partial charge >= 0.3 is 11.9 Å². The molecule has 8 rings (SSSR count). The Morgan fingerprint density at radius 1 is 0.898 bits per heavy atom. The van der Waals surface area contributed by atoms with Crippen LogP contribution in [0.15, 0.2) is 66.2 Å². The van der Waals surface area contributed by atoms with E-state index in [1.807, 2.05) is 25.1 Å². The van der Waals surface area contributed by atoms with Crippen LogP contribution in [0.1, 0.15) is 129 Å². The zero-order chi connectivity index (χ0) is 41.5. The summed E-state index contributed by atoms with van der Waals surface area (Å²) in [6.45, 7) is 1.59. The number of rotatable bonds is 4. The number of phenols is 2. The summed E-state index contributed by atoms with van der Waals surface area (Å²) in [5, 5.41) is 58.1. The fourth-order valence-electron chi connectivity index (χ4n) is 10.7. The number of aliphatic hydroxyl groups excluding tert-OH is 2. The molecule has 7 unspecified atom stereocenters. The summed E-state index contributed by atoms with van der Waals surface area (Å²) in [7, 11) is 0. The van der Waals surface area contributed by atoms with Gasteiger partial charge in [0.2, 0.25) is 0 Å². The molecule has 0 saturated heterocycles. The van der Waals surface area contributed by atoms with Crippen LogP contribution in [0.2, 0.25) is 0 Å². The first-order chi connectivity index (χ1) is 28.4. The summed E-state index contributed by atoms with van der Waals surface area (Å²) in [5.74, 6) is 3.06. The Morgan fingerprint density at radius 3 is 2.47 bits per heavy atom. The lowest BCUT2D eigenvalue weighted by molar-refractivity contribution is -0.176. The molecule has 7 atom stereocenters. The average Bonchev–Trinajstić information content (AvgIpc) is 3.22. The molecule has 59 heavy (non-hydrogen) atoms.